The highest BCUT2D eigenvalue weighted by Gasteiger charge is 2.39. The first kappa shape index (κ1) is 18.1. The van der Waals surface area contributed by atoms with E-state index in [2.05, 4.69) is 20.1 Å². The molecule has 4 rings (SSSR count). The Kier molecular flexibility index (Phi) is 5.05. The molecule has 2 fully saturated rings. The van der Waals surface area contributed by atoms with Crippen LogP contribution in [0, 0.1) is 11.8 Å². The van der Waals surface area contributed by atoms with Gasteiger partial charge in [-0.25, -0.2) is 9.78 Å². The molecule has 28 heavy (non-hydrogen) atoms. The van der Waals surface area contributed by atoms with E-state index >= 15 is 0 Å². The number of hydrogen-bond donors (Lipinski definition) is 0. The zero-order chi connectivity index (χ0) is 19.5. The van der Waals surface area contributed by atoms with Crippen molar-refractivity contribution in [1.29, 1.82) is 0 Å². The van der Waals surface area contributed by atoms with Crippen molar-refractivity contribution < 1.29 is 23.8 Å². The van der Waals surface area contributed by atoms with Crippen LogP contribution in [0.5, 0.6) is 23.5 Å². The molecule has 9 nitrogen and oxygen atoms in total. The minimum absolute atomic E-state index is 0.0115. The third-order valence-electron chi connectivity index (χ3n) is 4.47. The summed E-state index contributed by atoms with van der Waals surface area (Å²) in [6, 6.07) is 4.67. The molecule has 0 bridgehead atoms. The molecule has 0 aliphatic heterocycles. The fourth-order valence-corrected chi connectivity index (χ4v) is 2.74. The summed E-state index contributed by atoms with van der Waals surface area (Å²) in [4.78, 5) is 30.0. The van der Waals surface area contributed by atoms with Gasteiger partial charge in [0.25, 0.3) is 0 Å². The van der Waals surface area contributed by atoms with Crippen molar-refractivity contribution >= 4 is 11.7 Å². The number of aromatic nitrogens is 3. The Labute approximate surface area is 161 Å². The minimum atomic E-state index is -0.690. The average Bonchev–Trinajstić information content (AvgIpc) is 3.62. The number of ether oxygens (including phenoxy) is 3. The minimum Gasteiger partial charge on any atom is -0.481 e. The fraction of sp³-hybridized carbons (Fsp3) is 0.421. The first-order valence-electron chi connectivity index (χ1n) is 9.07. The first-order valence-corrected chi connectivity index (χ1v) is 9.07. The summed E-state index contributed by atoms with van der Waals surface area (Å²) in [6.07, 6.45) is 5.92. The summed E-state index contributed by atoms with van der Waals surface area (Å²) in [5, 5.41) is 4.13. The van der Waals surface area contributed by atoms with Gasteiger partial charge in [-0.1, -0.05) is 5.16 Å². The Morgan fingerprint density at radius 2 is 1.71 bits per heavy atom. The van der Waals surface area contributed by atoms with Gasteiger partial charge in [0.15, 0.2) is 11.4 Å². The van der Waals surface area contributed by atoms with Gasteiger partial charge in [-0.3, -0.25) is 0 Å². The maximum absolute atomic E-state index is 12.5. The lowest BCUT2D eigenvalue weighted by molar-refractivity contribution is 0.0503. The van der Waals surface area contributed by atoms with Gasteiger partial charge in [0, 0.05) is 18.0 Å². The van der Waals surface area contributed by atoms with Gasteiger partial charge < -0.3 is 19.0 Å². The molecular formula is C19H20N4O5. The van der Waals surface area contributed by atoms with Crippen molar-refractivity contribution in [2.45, 2.75) is 25.7 Å². The third-order valence-corrected chi connectivity index (χ3v) is 4.47. The number of rotatable bonds is 8. The van der Waals surface area contributed by atoms with Crippen molar-refractivity contribution in [2.75, 3.05) is 14.2 Å². The van der Waals surface area contributed by atoms with Crippen molar-refractivity contribution in [3.05, 3.63) is 30.1 Å². The van der Waals surface area contributed by atoms with E-state index in [1.54, 1.807) is 12.1 Å². The molecule has 146 valence electrons. The molecule has 0 amide bonds. The van der Waals surface area contributed by atoms with E-state index in [0.29, 0.717) is 11.8 Å². The molecule has 2 saturated carbocycles. The highest BCUT2D eigenvalue weighted by Crippen LogP contribution is 2.42. The predicted molar refractivity (Wildman–Crippen MR) is 97.7 cm³/mol. The summed E-state index contributed by atoms with van der Waals surface area (Å²) < 4.78 is 15.8. The van der Waals surface area contributed by atoms with Gasteiger partial charge >= 0.3 is 12.0 Å². The van der Waals surface area contributed by atoms with Gasteiger partial charge in [0.2, 0.25) is 11.8 Å². The molecule has 2 aliphatic rings. The molecule has 0 saturated heterocycles. The molecule has 2 aromatic rings. The summed E-state index contributed by atoms with van der Waals surface area (Å²) in [5.41, 5.74) is 0.982. The number of pyridine rings is 1. The summed E-state index contributed by atoms with van der Waals surface area (Å²) in [5.74, 6) is 0.896. The first-order chi connectivity index (χ1) is 13.7. The fourth-order valence-electron chi connectivity index (χ4n) is 2.74. The second-order valence-electron chi connectivity index (χ2n) is 6.63. The Bertz CT molecular complexity index is 873. The molecule has 2 aliphatic carbocycles. The molecule has 9 heteroatoms. The molecule has 0 aromatic carbocycles. The highest BCUT2D eigenvalue weighted by atomic mass is 16.7. The van der Waals surface area contributed by atoms with E-state index in [1.807, 2.05) is 0 Å². The van der Waals surface area contributed by atoms with E-state index in [-0.39, 0.29) is 29.2 Å². The number of nitrogens with zero attached hydrogens (tertiary/aromatic N) is 4. The zero-order valence-corrected chi connectivity index (χ0v) is 15.6. The van der Waals surface area contributed by atoms with Crippen LogP contribution < -0.4 is 14.2 Å². The summed E-state index contributed by atoms with van der Waals surface area (Å²) >= 11 is 0. The molecule has 0 unspecified atom stereocenters. The topological polar surface area (TPSA) is 105 Å². The van der Waals surface area contributed by atoms with Crippen LogP contribution in [0.3, 0.4) is 0 Å². The SMILES string of the molecule is COc1cc(OC)nc(Oc2cccnc2C(=O)ON=C(C2CC2)C2CC2)n1. The molecule has 0 atom stereocenters. The van der Waals surface area contributed by atoms with Crippen LogP contribution in [0.2, 0.25) is 0 Å². The van der Waals surface area contributed by atoms with Crippen molar-refractivity contribution in [2.24, 2.45) is 17.0 Å². The van der Waals surface area contributed by atoms with Crippen LogP contribution in [-0.2, 0) is 4.84 Å². The van der Waals surface area contributed by atoms with Crippen LogP contribution in [-0.4, -0.2) is 40.9 Å². The summed E-state index contributed by atoms with van der Waals surface area (Å²) in [7, 11) is 2.93. The van der Waals surface area contributed by atoms with Crippen LogP contribution in [0.15, 0.2) is 29.6 Å². The van der Waals surface area contributed by atoms with Gasteiger partial charge in [0.1, 0.15) is 0 Å². The highest BCUT2D eigenvalue weighted by molar-refractivity contribution is 5.94. The van der Waals surface area contributed by atoms with Gasteiger partial charge in [-0.15, -0.1) is 0 Å². The third kappa shape index (κ3) is 4.19. The standard InChI is InChI=1S/C19H20N4O5/c1-25-14-10-15(26-2)22-19(21-14)27-13-4-3-9-20-17(13)18(24)28-23-16(11-5-6-11)12-7-8-12/h3-4,9-12H,5-8H2,1-2H3. The number of hydrogen-bond acceptors (Lipinski definition) is 9. The number of carbonyl (C=O) groups is 1. The van der Waals surface area contributed by atoms with Crippen LogP contribution in [0.1, 0.15) is 36.2 Å². The lowest BCUT2D eigenvalue weighted by atomic mass is 10.2. The number of oxime groups is 1. The number of carbonyl (C=O) groups excluding carboxylic acids is 1. The van der Waals surface area contributed by atoms with E-state index in [4.69, 9.17) is 19.0 Å². The van der Waals surface area contributed by atoms with Crippen LogP contribution in [0.4, 0.5) is 0 Å². The monoisotopic (exact) mass is 384 g/mol. The van der Waals surface area contributed by atoms with Gasteiger partial charge in [-0.2, -0.15) is 9.97 Å². The Hall–Kier alpha value is -3.23. The molecular weight excluding hydrogens is 364 g/mol. The van der Waals surface area contributed by atoms with Crippen molar-refractivity contribution in [1.82, 2.24) is 15.0 Å². The Balaban J connectivity index is 1.53. The average molecular weight is 384 g/mol. The largest absolute Gasteiger partial charge is 0.481 e. The van der Waals surface area contributed by atoms with E-state index in [9.17, 15) is 4.79 Å². The molecule has 0 spiro atoms. The molecule has 0 N–H and O–H groups in total. The number of methoxy groups -OCH3 is 2. The predicted octanol–water partition coefficient (Wildman–Crippen LogP) is 3.01. The maximum Gasteiger partial charge on any atom is 0.387 e. The Morgan fingerprint density at radius 1 is 1.07 bits per heavy atom. The van der Waals surface area contributed by atoms with Crippen LogP contribution >= 0.6 is 0 Å². The molecule has 2 heterocycles. The Morgan fingerprint density at radius 3 is 2.29 bits per heavy atom. The lowest BCUT2D eigenvalue weighted by Crippen LogP contribution is -2.11. The second kappa shape index (κ2) is 7.79. The lowest BCUT2D eigenvalue weighted by Gasteiger charge is -2.09. The smallest absolute Gasteiger partial charge is 0.387 e. The van der Waals surface area contributed by atoms with Crippen LogP contribution in [0.25, 0.3) is 0 Å². The van der Waals surface area contributed by atoms with E-state index in [0.717, 1.165) is 31.4 Å². The molecule has 2 aromatic heterocycles. The second-order valence-corrected chi connectivity index (χ2v) is 6.63. The quantitative estimate of drug-likeness (QED) is 0.388. The van der Waals surface area contributed by atoms with Crippen molar-refractivity contribution in [3.63, 3.8) is 0 Å². The van der Waals surface area contributed by atoms with E-state index < -0.39 is 5.97 Å². The summed E-state index contributed by atoms with van der Waals surface area (Å²) in [6.45, 7) is 0. The van der Waals surface area contributed by atoms with Gasteiger partial charge in [0.05, 0.1) is 26.0 Å². The maximum atomic E-state index is 12.5. The van der Waals surface area contributed by atoms with E-state index in [1.165, 1.54) is 26.5 Å². The molecule has 0 radical (unpaired) electrons. The van der Waals surface area contributed by atoms with Gasteiger partial charge in [-0.05, 0) is 37.8 Å². The zero-order valence-electron chi connectivity index (χ0n) is 15.6. The normalized spacial score (nSPS) is 15.5. The van der Waals surface area contributed by atoms with Crippen molar-refractivity contribution in [3.8, 4) is 23.5 Å².